The third kappa shape index (κ3) is 12.3. The van der Waals surface area contributed by atoms with Crippen LogP contribution >= 0.6 is 0 Å². The molecule has 0 spiro atoms. The van der Waals surface area contributed by atoms with Crippen molar-refractivity contribution in [1.82, 2.24) is 20.5 Å². The van der Waals surface area contributed by atoms with Crippen LogP contribution in [0.1, 0.15) is 30.9 Å². The van der Waals surface area contributed by atoms with E-state index in [1.165, 1.54) is 24.0 Å². The van der Waals surface area contributed by atoms with Gasteiger partial charge in [-0.15, -0.1) is 0 Å². The Kier molecular flexibility index (Phi) is 14.9. The largest absolute Gasteiger partial charge is 0.439 e. The molecule has 1 saturated carbocycles. The predicted octanol–water partition coefficient (Wildman–Crippen LogP) is 5.19. The van der Waals surface area contributed by atoms with Crippen molar-refractivity contribution in [2.75, 3.05) is 20.8 Å². The molecule has 0 aliphatic heterocycles. The van der Waals surface area contributed by atoms with Gasteiger partial charge in [-0.25, -0.2) is 19.2 Å². The summed E-state index contributed by atoms with van der Waals surface area (Å²) in [5, 5.41) is 5.21. The van der Waals surface area contributed by atoms with Crippen molar-refractivity contribution in [2.45, 2.75) is 39.3 Å². The number of carbonyl (C=O) groups excluding carboxylic acids is 3. The number of halogens is 1. The van der Waals surface area contributed by atoms with E-state index in [-0.39, 0.29) is 18.0 Å². The highest BCUT2D eigenvalue weighted by Crippen LogP contribution is 2.29. The highest BCUT2D eigenvalue weighted by molar-refractivity contribution is 5.75. The highest BCUT2D eigenvalue weighted by Gasteiger charge is 2.33. The molecule has 0 unspecified atom stereocenters. The summed E-state index contributed by atoms with van der Waals surface area (Å²) >= 11 is 0. The van der Waals surface area contributed by atoms with E-state index >= 15 is 0 Å². The first kappa shape index (κ1) is 33.6. The van der Waals surface area contributed by atoms with Crippen LogP contribution in [0.5, 0.6) is 11.6 Å². The number of hydrogen-bond acceptors (Lipinski definition) is 7. The smallest absolute Gasteiger partial charge is 0.317 e. The van der Waals surface area contributed by atoms with Gasteiger partial charge in [0.1, 0.15) is 17.9 Å². The van der Waals surface area contributed by atoms with Crippen LogP contribution in [0.3, 0.4) is 0 Å². The second kappa shape index (κ2) is 18.7. The molecule has 10 nitrogen and oxygen atoms in total. The fraction of sp³-hybridized carbons (Fsp3) is 0.323. The molecule has 2 aromatic carbocycles. The van der Waals surface area contributed by atoms with E-state index in [9.17, 15) is 18.8 Å². The highest BCUT2D eigenvalue weighted by atomic mass is 19.1. The molecule has 1 aromatic heterocycles. The SMILES string of the molecule is CCOC.Cc1ccc(CNC(=O)N(C)C2CC(C=O)C2)cc1.O=CNC=Nc1ccc(Oc2ccc(F)cn2)cc1. The van der Waals surface area contributed by atoms with Crippen LogP contribution in [-0.4, -0.2) is 61.8 Å². The maximum Gasteiger partial charge on any atom is 0.317 e. The number of aliphatic imine (C=N–C) groups is 1. The Bertz CT molecular complexity index is 1250. The van der Waals surface area contributed by atoms with Crippen molar-refractivity contribution < 1.29 is 28.2 Å². The van der Waals surface area contributed by atoms with Crippen molar-refractivity contribution >= 4 is 30.8 Å². The van der Waals surface area contributed by atoms with Crippen molar-refractivity contribution in [3.8, 4) is 11.6 Å². The van der Waals surface area contributed by atoms with Gasteiger partial charge in [0.25, 0.3) is 0 Å². The Morgan fingerprint density at radius 2 is 1.76 bits per heavy atom. The molecular formula is C31H38FN5O5. The number of aldehydes is 1. The van der Waals surface area contributed by atoms with Gasteiger partial charge >= 0.3 is 6.03 Å². The number of aromatic nitrogens is 1. The zero-order valence-corrected chi connectivity index (χ0v) is 24.3. The van der Waals surface area contributed by atoms with Crippen LogP contribution in [0.2, 0.25) is 0 Å². The Labute approximate surface area is 246 Å². The first-order valence-electron chi connectivity index (χ1n) is 13.4. The minimum absolute atomic E-state index is 0.0741. The van der Waals surface area contributed by atoms with Crippen molar-refractivity contribution in [2.24, 2.45) is 10.9 Å². The van der Waals surface area contributed by atoms with E-state index in [2.05, 4.69) is 25.3 Å². The summed E-state index contributed by atoms with van der Waals surface area (Å²) in [7, 11) is 3.47. The van der Waals surface area contributed by atoms with Gasteiger partial charge in [-0.2, -0.15) is 0 Å². The number of rotatable bonds is 10. The number of pyridine rings is 1. The summed E-state index contributed by atoms with van der Waals surface area (Å²) in [6.45, 7) is 5.35. The van der Waals surface area contributed by atoms with Gasteiger partial charge in [-0.05, 0) is 62.6 Å². The summed E-state index contributed by atoms with van der Waals surface area (Å²) in [4.78, 5) is 42.0. The molecule has 4 rings (SSSR count). The molecule has 3 aromatic rings. The van der Waals surface area contributed by atoms with Gasteiger partial charge in [-0.1, -0.05) is 29.8 Å². The summed E-state index contributed by atoms with van der Waals surface area (Å²) < 4.78 is 22.6. The number of nitrogens with one attached hydrogen (secondary N) is 2. The van der Waals surface area contributed by atoms with Crippen LogP contribution in [0.15, 0.2) is 71.9 Å². The van der Waals surface area contributed by atoms with Gasteiger partial charge in [0.2, 0.25) is 12.3 Å². The van der Waals surface area contributed by atoms with E-state index in [4.69, 9.17) is 4.74 Å². The van der Waals surface area contributed by atoms with Gasteiger partial charge in [0.05, 0.1) is 18.2 Å². The molecule has 1 fully saturated rings. The molecule has 2 N–H and O–H groups in total. The minimum Gasteiger partial charge on any atom is -0.439 e. The lowest BCUT2D eigenvalue weighted by molar-refractivity contribution is -0.114. The molecule has 0 bridgehead atoms. The van der Waals surface area contributed by atoms with Crippen LogP contribution in [0.4, 0.5) is 14.9 Å². The molecule has 1 aliphatic rings. The van der Waals surface area contributed by atoms with E-state index in [0.717, 1.165) is 37.5 Å². The van der Waals surface area contributed by atoms with Crippen LogP contribution in [0.25, 0.3) is 0 Å². The molecule has 3 amide bonds. The predicted molar refractivity (Wildman–Crippen MR) is 159 cm³/mol. The quantitative estimate of drug-likeness (QED) is 0.194. The minimum atomic E-state index is -0.417. The van der Waals surface area contributed by atoms with E-state index < -0.39 is 5.82 Å². The van der Waals surface area contributed by atoms with Gasteiger partial charge < -0.3 is 29.8 Å². The number of amides is 3. The Balaban J connectivity index is 0.000000261. The zero-order chi connectivity index (χ0) is 30.7. The monoisotopic (exact) mass is 579 g/mol. The lowest BCUT2D eigenvalue weighted by Crippen LogP contribution is -2.49. The van der Waals surface area contributed by atoms with E-state index in [1.807, 2.05) is 38.1 Å². The topological polar surface area (TPSA) is 122 Å². The first-order chi connectivity index (χ1) is 20.3. The summed E-state index contributed by atoms with van der Waals surface area (Å²) in [6, 6.07) is 17.7. The molecule has 0 atom stereocenters. The summed E-state index contributed by atoms with van der Waals surface area (Å²) in [5.41, 5.74) is 2.96. The average molecular weight is 580 g/mol. The van der Waals surface area contributed by atoms with Crippen molar-refractivity contribution in [3.05, 3.63) is 83.8 Å². The molecule has 1 heterocycles. The Hall–Kier alpha value is -4.64. The molecule has 0 saturated heterocycles. The number of methoxy groups -OCH3 is 1. The molecule has 224 valence electrons. The molecule has 0 radical (unpaired) electrons. The Morgan fingerprint density at radius 3 is 2.31 bits per heavy atom. The number of benzene rings is 2. The fourth-order valence-corrected chi connectivity index (χ4v) is 3.52. The lowest BCUT2D eigenvalue weighted by Gasteiger charge is -2.38. The second-order valence-corrected chi connectivity index (χ2v) is 9.31. The van der Waals surface area contributed by atoms with Gasteiger partial charge in [0, 0.05) is 45.3 Å². The number of ether oxygens (including phenoxy) is 2. The van der Waals surface area contributed by atoms with Gasteiger partial charge in [-0.3, -0.25) is 4.79 Å². The van der Waals surface area contributed by atoms with Crippen LogP contribution < -0.4 is 15.4 Å². The van der Waals surface area contributed by atoms with Crippen molar-refractivity contribution in [1.29, 1.82) is 0 Å². The maximum absolute atomic E-state index is 12.7. The number of hydrogen-bond donors (Lipinski definition) is 2. The Morgan fingerprint density at radius 1 is 1.10 bits per heavy atom. The van der Waals surface area contributed by atoms with Crippen LogP contribution in [0, 0.1) is 18.7 Å². The third-order valence-electron chi connectivity index (χ3n) is 6.18. The number of nitrogens with zero attached hydrogens (tertiary/aromatic N) is 3. The van der Waals surface area contributed by atoms with E-state index in [0.29, 0.717) is 30.3 Å². The lowest BCUT2D eigenvalue weighted by atomic mass is 9.81. The fourth-order valence-electron chi connectivity index (χ4n) is 3.52. The van der Waals surface area contributed by atoms with Crippen molar-refractivity contribution in [3.63, 3.8) is 0 Å². The zero-order valence-electron chi connectivity index (χ0n) is 24.3. The number of carbonyl (C=O) groups is 3. The molecular weight excluding hydrogens is 541 g/mol. The van der Waals surface area contributed by atoms with E-state index in [1.54, 1.807) is 43.3 Å². The molecule has 42 heavy (non-hydrogen) atoms. The number of aryl methyl sites for hydroxylation is 1. The third-order valence-corrected chi connectivity index (χ3v) is 6.18. The second-order valence-electron chi connectivity index (χ2n) is 9.31. The molecule has 11 heteroatoms. The van der Waals surface area contributed by atoms with Gasteiger partial charge in [0.15, 0.2) is 0 Å². The summed E-state index contributed by atoms with van der Waals surface area (Å²) in [5.74, 6) is 0.582. The normalized spacial score (nSPS) is 15.1. The van der Waals surface area contributed by atoms with Crippen LogP contribution in [-0.2, 0) is 20.9 Å². The standard InChI is InChI=1S/C15H20N2O2.C13H10FN3O2.C3H8O/c1-11-3-5-12(6-4-11)9-16-15(19)17(2)14-7-13(8-14)10-18;14-10-1-6-13(16-7-10)19-12-4-2-11(3-5-12)17-8-15-9-18;1-3-4-2/h3-6,10,13-14H,7-9H2,1-2H3,(H,16,19);1-9H,(H,15,17,18);3H2,1-2H3. The maximum atomic E-state index is 12.7. The number of urea groups is 1. The average Bonchev–Trinajstić information content (AvgIpc) is 2.99. The molecule has 1 aliphatic carbocycles. The first-order valence-corrected chi connectivity index (χ1v) is 13.4. The summed E-state index contributed by atoms with van der Waals surface area (Å²) in [6.07, 6.45) is 5.45.